The number of alkyl halides is 3. The van der Waals surface area contributed by atoms with Gasteiger partial charge in [-0.15, -0.1) is 0 Å². The Kier molecular flexibility index (Phi) is 7.06. The number of amides is 1. The van der Waals surface area contributed by atoms with E-state index in [9.17, 15) is 28.1 Å². The Bertz CT molecular complexity index is 1190. The molecule has 0 spiro atoms. The summed E-state index contributed by atoms with van der Waals surface area (Å²) in [5, 5.41) is 11.7. The summed E-state index contributed by atoms with van der Waals surface area (Å²) in [5.41, 5.74) is 7.43. The topological polar surface area (TPSA) is 107 Å². The molecule has 34 heavy (non-hydrogen) atoms. The van der Waals surface area contributed by atoms with Gasteiger partial charge in [-0.1, -0.05) is 24.3 Å². The predicted octanol–water partition coefficient (Wildman–Crippen LogP) is 5.16. The van der Waals surface area contributed by atoms with Crippen molar-refractivity contribution >= 4 is 28.7 Å². The fourth-order valence-electron chi connectivity index (χ4n) is 3.56. The van der Waals surface area contributed by atoms with Gasteiger partial charge in [0.05, 0.1) is 24.0 Å². The highest BCUT2D eigenvalue weighted by molar-refractivity contribution is 5.76. The predicted molar refractivity (Wildman–Crippen MR) is 121 cm³/mol. The number of ether oxygens (including phenoxy) is 1. The van der Waals surface area contributed by atoms with Crippen LogP contribution in [0.2, 0.25) is 0 Å². The summed E-state index contributed by atoms with van der Waals surface area (Å²) in [6.07, 6.45) is -4.89. The molecule has 3 aromatic rings. The molecule has 3 N–H and O–H groups in total. The normalized spacial score (nSPS) is 13.1. The highest BCUT2D eigenvalue weighted by Crippen LogP contribution is 2.41. The first-order valence-electron chi connectivity index (χ1n) is 10.1. The average Bonchev–Trinajstić information content (AvgIpc) is 2.81. The zero-order valence-electron chi connectivity index (χ0n) is 18.1. The molecule has 0 radical (unpaired) electrons. The SMILES string of the molecule is COc1cccc([N+](CCC(N)=O)(Nc2ccc(C(F)(F)F)cc2[N+](=O)[O-])c2ccccc2)c1. The molecule has 0 fully saturated rings. The Hall–Kier alpha value is -4.12. The second kappa shape index (κ2) is 9.79. The second-order valence-corrected chi connectivity index (χ2v) is 7.39. The molecular weight excluding hydrogens is 453 g/mol. The first-order valence-corrected chi connectivity index (χ1v) is 10.1. The minimum atomic E-state index is -4.76. The van der Waals surface area contributed by atoms with Crippen molar-refractivity contribution in [2.75, 3.05) is 19.1 Å². The van der Waals surface area contributed by atoms with E-state index in [2.05, 4.69) is 5.43 Å². The summed E-state index contributed by atoms with van der Waals surface area (Å²) in [6, 6.07) is 17.7. The molecule has 0 aliphatic rings. The van der Waals surface area contributed by atoms with Crippen LogP contribution < -0.4 is 20.5 Å². The molecule has 1 atom stereocenters. The van der Waals surface area contributed by atoms with Gasteiger partial charge in [0.25, 0.3) is 5.69 Å². The Morgan fingerprint density at radius 1 is 1.06 bits per heavy atom. The highest BCUT2D eigenvalue weighted by atomic mass is 19.4. The summed E-state index contributed by atoms with van der Waals surface area (Å²) in [5.74, 6) is -0.149. The molecule has 0 aliphatic heterocycles. The van der Waals surface area contributed by atoms with Crippen LogP contribution in [0.25, 0.3) is 0 Å². The van der Waals surface area contributed by atoms with E-state index < -0.39 is 28.3 Å². The van der Waals surface area contributed by atoms with Crippen LogP contribution in [-0.4, -0.2) is 24.5 Å². The van der Waals surface area contributed by atoms with Gasteiger partial charge in [0.1, 0.15) is 12.3 Å². The lowest BCUT2D eigenvalue weighted by atomic mass is 10.1. The third-order valence-electron chi connectivity index (χ3n) is 5.22. The number of nitro groups is 1. The van der Waals surface area contributed by atoms with Crippen molar-refractivity contribution in [1.29, 1.82) is 0 Å². The number of nitrogens with two attached hydrogens (primary N) is 1. The third-order valence-corrected chi connectivity index (χ3v) is 5.22. The fraction of sp³-hybridized carbons (Fsp3) is 0.174. The van der Waals surface area contributed by atoms with E-state index >= 15 is 0 Å². The van der Waals surface area contributed by atoms with Crippen LogP contribution in [0, 0.1) is 10.1 Å². The number of para-hydroxylation sites is 1. The van der Waals surface area contributed by atoms with Gasteiger partial charge < -0.3 is 10.5 Å². The van der Waals surface area contributed by atoms with Gasteiger partial charge in [-0.05, 0) is 18.2 Å². The number of benzene rings is 3. The van der Waals surface area contributed by atoms with E-state index in [0.717, 1.165) is 12.1 Å². The molecule has 0 heterocycles. The molecule has 0 saturated carbocycles. The number of rotatable bonds is 9. The zero-order valence-corrected chi connectivity index (χ0v) is 18.1. The smallest absolute Gasteiger partial charge is 0.416 e. The van der Waals surface area contributed by atoms with Crippen LogP contribution in [-0.2, 0) is 11.0 Å². The number of halogens is 3. The molecule has 3 aromatic carbocycles. The van der Waals surface area contributed by atoms with E-state index in [4.69, 9.17) is 10.5 Å². The van der Waals surface area contributed by atoms with Crippen LogP contribution in [0.3, 0.4) is 0 Å². The van der Waals surface area contributed by atoms with E-state index in [0.29, 0.717) is 23.2 Å². The number of anilines is 1. The summed E-state index contributed by atoms with van der Waals surface area (Å²) >= 11 is 0. The third kappa shape index (κ3) is 5.26. The van der Waals surface area contributed by atoms with Gasteiger partial charge in [0.2, 0.25) is 5.91 Å². The molecular formula is C23H22F3N4O4+. The molecule has 0 saturated heterocycles. The van der Waals surface area contributed by atoms with Gasteiger partial charge in [-0.2, -0.15) is 17.8 Å². The van der Waals surface area contributed by atoms with E-state index in [1.54, 1.807) is 54.6 Å². The number of nitro benzene ring substituents is 1. The maximum absolute atomic E-state index is 13.2. The van der Waals surface area contributed by atoms with Gasteiger partial charge in [0.15, 0.2) is 17.1 Å². The summed E-state index contributed by atoms with van der Waals surface area (Å²) < 4.78 is 44.6. The average molecular weight is 475 g/mol. The molecule has 0 aromatic heterocycles. The minimum Gasteiger partial charge on any atom is -0.497 e. The molecule has 3 rings (SSSR count). The first-order chi connectivity index (χ1) is 16.1. The maximum atomic E-state index is 13.2. The lowest BCUT2D eigenvalue weighted by Gasteiger charge is -2.37. The number of carbonyl (C=O) groups is 1. The number of hydrogen-bond acceptors (Lipinski definition) is 5. The fourth-order valence-corrected chi connectivity index (χ4v) is 3.56. The second-order valence-electron chi connectivity index (χ2n) is 7.39. The van der Waals surface area contributed by atoms with Gasteiger partial charge >= 0.3 is 6.18 Å². The quantitative estimate of drug-likeness (QED) is 0.252. The molecule has 1 unspecified atom stereocenters. The van der Waals surface area contributed by atoms with E-state index in [1.807, 2.05) is 0 Å². The Morgan fingerprint density at radius 2 is 1.74 bits per heavy atom. The standard InChI is InChI=1S/C23H21F3N4O4/c1-34-19-9-5-8-18(15-19)30(13-12-22(27)31,17-6-3-2-4-7-17)28-20-11-10-16(23(24,25)26)14-21(20)29(32)33/h2-11,14-15,28H,12-13H2,1H3,(H-,27,31)/p+1. The molecule has 178 valence electrons. The largest absolute Gasteiger partial charge is 0.497 e. The van der Waals surface area contributed by atoms with Crippen LogP contribution >= 0.6 is 0 Å². The number of nitrogens with one attached hydrogen (secondary N) is 1. The number of carbonyl (C=O) groups excluding carboxylic acids is 1. The number of hydrogen-bond donors (Lipinski definition) is 2. The van der Waals surface area contributed by atoms with Gasteiger partial charge in [0, 0.05) is 30.3 Å². The summed E-state index contributed by atoms with van der Waals surface area (Å²) in [6.45, 7) is 0.00465. The molecule has 11 heteroatoms. The van der Waals surface area contributed by atoms with Gasteiger partial charge in [-0.3, -0.25) is 14.9 Å². The molecule has 1 amide bonds. The molecule has 8 nitrogen and oxygen atoms in total. The van der Waals surface area contributed by atoms with Crippen molar-refractivity contribution in [3.05, 3.63) is 88.5 Å². The first kappa shape index (κ1) is 24.5. The minimum absolute atomic E-state index is 0.00465. The Balaban J connectivity index is 2.27. The highest BCUT2D eigenvalue weighted by Gasteiger charge is 2.39. The number of quaternary nitrogens is 1. The zero-order chi connectivity index (χ0) is 24.9. The maximum Gasteiger partial charge on any atom is 0.416 e. The Labute approximate surface area is 193 Å². The lowest BCUT2D eigenvalue weighted by Crippen LogP contribution is -2.51. The number of nitrogens with zero attached hydrogens (tertiary/aromatic N) is 2. The summed E-state index contributed by atoms with van der Waals surface area (Å²) in [4.78, 5) is 22.6. The van der Waals surface area contributed by atoms with Crippen molar-refractivity contribution in [3.8, 4) is 5.75 Å². The van der Waals surface area contributed by atoms with E-state index in [1.165, 1.54) is 7.11 Å². The Morgan fingerprint density at radius 3 is 2.32 bits per heavy atom. The summed E-state index contributed by atoms with van der Waals surface area (Å²) in [7, 11) is 1.47. The van der Waals surface area contributed by atoms with Crippen molar-refractivity contribution in [2.24, 2.45) is 5.73 Å². The number of primary amides is 1. The molecule has 0 bridgehead atoms. The van der Waals surface area contributed by atoms with Crippen molar-refractivity contribution in [3.63, 3.8) is 0 Å². The monoisotopic (exact) mass is 475 g/mol. The lowest BCUT2D eigenvalue weighted by molar-refractivity contribution is -0.384. The van der Waals surface area contributed by atoms with Crippen molar-refractivity contribution in [2.45, 2.75) is 12.6 Å². The van der Waals surface area contributed by atoms with E-state index in [-0.39, 0.29) is 23.2 Å². The van der Waals surface area contributed by atoms with Crippen LogP contribution in [0.15, 0.2) is 72.8 Å². The number of methoxy groups -OCH3 is 1. The van der Waals surface area contributed by atoms with Crippen LogP contribution in [0.1, 0.15) is 12.0 Å². The molecule has 0 aliphatic carbocycles. The van der Waals surface area contributed by atoms with Gasteiger partial charge in [-0.25, -0.2) is 5.43 Å². The van der Waals surface area contributed by atoms with Crippen LogP contribution in [0.4, 0.5) is 35.9 Å². The van der Waals surface area contributed by atoms with Crippen molar-refractivity contribution in [1.82, 2.24) is 4.59 Å². The van der Waals surface area contributed by atoms with Crippen molar-refractivity contribution < 1.29 is 27.6 Å². The van der Waals surface area contributed by atoms with Crippen LogP contribution in [0.5, 0.6) is 5.75 Å².